The van der Waals surface area contributed by atoms with Crippen molar-refractivity contribution in [2.24, 2.45) is 5.92 Å². The molecule has 1 aromatic rings. The van der Waals surface area contributed by atoms with E-state index in [1.54, 1.807) is 11.1 Å². The molecule has 1 atom stereocenters. The number of likely N-dealkylation sites (tertiary alicyclic amines) is 1. The van der Waals surface area contributed by atoms with Crippen molar-refractivity contribution >= 4 is 11.8 Å². The molecule has 0 bridgehead atoms. The molecule has 2 heterocycles. The molecule has 2 amide bonds. The molecule has 0 aromatic carbocycles. The molecule has 1 saturated heterocycles. The van der Waals surface area contributed by atoms with Crippen LogP contribution >= 0.6 is 0 Å². The van der Waals surface area contributed by atoms with Gasteiger partial charge in [0.1, 0.15) is 5.69 Å². The van der Waals surface area contributed by atoms with Crippen molar-refractivity contribution in [3.63, 3.8) is 0 Å². The van der Waals surface area contributed by atoms with Crippen LogP contribution in [0.15, 0.2) is 18.6 Å². The number of aromatic nitrogens is 2. The monoisotopic (exact) mass is 389 g/mol. The Balaban J connectivity index is 1.72. The van der Waals surface area contributed by atoms with Crippen molar-refractivity contribution in [3.05, 3.63) is 24.3 Å². The molecule has 1 aliphatic heterocycles. The molecule has 7 nitrogen and oxygen atoms in total. The van der Waals surface area contributed by atoms with Gasteiger partial charge in [0.25, 0.3) is 5.91 Å². The van der Waals surface area contributed by atoms with E-state index < -0.39 is 0 Å². The zero-order chi connectivity index (χ0) is 20.4. The standard InChI is InChI=1S/C21H35N5O2/c1-17(2)16-26(21(28)19-15-22-10-11-23-19)14-8-20(27)24-9-6-13-25-12-5-4-7-18(25)3/h10-11,15,17-18H,4-9,12-14,16H2,1-3H3,(H,24,27)/t18-/m1/s1. The lowest BCUT2D eigenvalue weighted by Gasteiger charge is -2.33. The second-order valence-electron chi connectivity index (χ2n) is 8.07. The Labute approximate surface area is 168 Å². The van der Waals surface area contributed by atoms with Crippen LogP contribution in [0.1, 0.15) is 63.4 Å². The summed E-state index contributed by atoms with van der Waals surface area (Å²) in [5, 5.41) is 2.99. The number of rotatable bonds is 10. The SMILES string of the molecule is CC(C)CN(CCC(=O)NCCCN1CCCC[C@H]1C)C(=O)c1cnccn1. The molecule has 156 valence electrons. The minimum Gasteiger partial charge on any atom is -0.356 e. The van der Waals surface area contributed by atoms with E-state index in [2.05, 4.69) is 41.0 Å². The molecule has 2 rings (SSSR count). The third-order valence-corrected chi connectivity index (χ3v) is 5.15. The zero-order valence-corrected chi connectivity index (χ0v) is 17.6. The maximum atomic E-state index is 12.6. The molecule has 0 aliphatic carbocycles. The maximum Gasteiger partial charge on any atom is 0.274 e. The first-order valence-corrected chi connectivity index (χ1v) is 10.5. The Morgan fingerprint density at radius 2 is 2.14 bits per heavy atom. The van der Waals surface area contributed by atoms with Crippen molar-refractivity contribution in [2.75, 3.05) is 32.7 Å². The van der Waals surface area contributed by atoms with Gasteiger partial charge in [0, 0.05) is 51.0 Å². The van der Waals surface area contributed by atoms with E-state index in [0.717, 1.165) is 13.0 Å². The van der Waals surface area contributed by atoms with Crippen LogP contribution in [-0.2, 0) is 4.79 Å². The van der Waals surface area contributed by atoms with E-state index >= 15 is 0 Å². The van der Waals surface area contributed by atoms with Crippen molar-refractivity contribution < 1.29 is 9.59 Å². The summed E-state index contributed by atoms with van der Waals surface area (Å²) in [6, 6.07) is 0.654. The van der Waals surface area contributed by atoms with Crippen LogP contribution in [0.25, 0.3) is 0 Å². The summed E-state index contributed by atoms with van der Waals surface area (Å²) >= 11 is 0. The lowest BCUT2D eigenvalue weighted by atomic mass is 10.0. The fourth-order valence-electron chi connectivity index (χ4n) is 3.61. The van der Waals surface area contributed by atoms with Crippen LogP contribution in [0.4, 0.5) is 0 Å². The third kappa shape index (κ3) is 7.54. The lowest BCUT2D eigenvalue weighted by Crippen LogP contribution is -2.40. The minimum absolute atomic E-state index is 0.00704. The van der Waals surface area contributed by atoms with Crippen LogP contribution in [-0.4, -0.2) is 70.3 Å². The fraction of sp³-hybridized carbons (Fsp3) is 0.714. The smallest absolute Gasteiger partial charge is 0.274 e. The lowest BCUT2D eigenvalue weighted by molar-refractivity contribution is -0.121. The number of carbonyl (C=O) groups is 2. The van der Waals surface area contributed by atoms with Gasteiger partial charge < -0.3 is 15.1 Å². The number of hydrogen-bond acceptors (Lipinski definition) is 5. The molecule has 1 aromatic heterocycles. The Morgan fingerprint density at radius 3 is 2.82 bits per heavy atom. The molecule has 1 fully saturated rings. The van der Waals surface area contributed by atoms with Gasteiger partial charge in [-0.3, -0.25) is 14.6 Å². The Morgan fingerprint density at radius 1 is 1.32 bits per heavy atom. The Bertz CT molecular complexity index is 608. The predicted octanol–water partition coefficient (Wildman–Crippen LogP) is 2.35. The second-order valence-corrected chi connectivity index (χ2v) is 8.07. The molecule has 7 heteroatoms. The van der Waals surface area contributed by atoms with Gasteiger partial charge in [0.05, 0.1) is 6.20 Å². The number of nitrogens with zero attached hydrogens (tertiary/aromatic N) is 4. The zero-order valence-electron chi connectivity index (χ0n) is 17.6. The topological polar surface area (TPSA) is 78.4 Å². The third-order valence-electron chi connectivity index (χ3n) is 5.15. The summed E-state index contributed by atoms with van der Waals surface area (Å²) in [4.78, 5) is 37.1. The molecule has 1 aliphatic rings. The molecular weight excluding hydrogens is 354 g/mol. The average Bonchev–Trinajstić information content (AvgIpc) is 2.69. The molecule has 0 spiro atoms. The summed E-state index contributed by atoms with van der Waals surface area (Å²) in [6.07, 6.45) is 9.67. The van der Waals surface area contributed by atoms with Crippen molar-refractivity contribution in [2.45, 2.75) is 58.9 Å². The molecule has 0 radical (unpaired) electrons. The van der Waals surface area contributed by atoms with Crippen LogP contribution in [0.3, 0.4) is 0 Å². The first-order chi connectivity index (χ1) is 13.5. The average molecular weight is 390 g/mol. The van der Waals surface area contributed by atoms with Gasteiger partial charge in [0.15, 0.2) is 0 Å². The number of hydrogen-bond donors (Lipinski definition) is 1. The summed E-state index contributed by atoms with van der Waals surface area (Å²) in [5.74, 6) is 0.135. The van der Waals surface area contributed by atoms with E-state index in [4.69, 9.17) is 0 Å². The van der Waals surface area contributed by atoms with Gasteiger partial charge in [-0.2, -0.15) is 0 Å². The van der Waals surface area contributed by atoms with Gasteiger partial charge in [-0.05, 0) is 38.6 Å². The Kier molecular flexibility index (Phi) is 9.34. The highest BCUT2D eigenvalue weighted by Crippen LogP contribution is 2.16. The summed E-state index contributed by atoms with van der Waals surface area (Å²) in [5.41, 5.74) is 0.319. The van der Waals surface area contributed by atoms with E-state index in [1.165, 1.54) is 38.2 Å². The summed E-state index contributed by atoms with van der Waals surface area (Å²) < 4.78 is 0. The minimum atomic E-state index is -0.173. The normalized spacial score (nSPS) is 17.5. The summed E-state index contributed by atoms with van der Waals surface area (Å²) in [7, 11) is 0. The largest absolute Gasteiger partial charge is 0.356 e. The highest BCUT2D eigenvalue weighted by molar-refractivity contribution is 5.92. The van der Waals surface area contributed by atoms with Gasteiger partial charge in [0.2, 0.25) is 5.91 Å². The van der Waals surface area contributed by atoms with Gasteiger partial charge in [-0.15, -0.1) is 0 Å². The van der Waals surface area contributed by atoms with Crippen LogP contribution in [0.2, 0.25) is 0 Å². The van der Waals surface area contributed by atoms with Crippen molar-refractivity contribution in [3.8, 4) is 0 Å². The molecule has 0 saturated carbocycles. The highest BCUT2D eigenvalue weighted by Gasteiger charge is 2.20. The predicted molar refractivity (Wildman–Crippen MR) is 110 cm³/mol. The van der Waals surface area contributed by atoms with Crippen LogP contribution in [0, 0.1) is 5.92 Å². The quantitative estimate of drug-likeness (QED) is 0.622. The maximum absolute atomic E-state index is 12.6. The Hall–Kier alpha value is -2.02. The van der Waals surface area contributed by atoms with Gasteiger partial charge >= 0.3 is 0 Å². The molecule has 1 N–H and O–H groups in total. The van der Waals surface area contributed by atoms with E-state index in [1.807, 2.05) is 0 Å². The van der Waals surface area contributed by atoms with E-state index in [0.29, 0.717) is 43.7 Å². The highest BCUT2D eigenvalue weighted by atomic mass is 16.2. The van der Waals surface area contributed by atoms with Crippen molar-refractivity contribution in [1.82, 2.24) is 25.1 Å². The van der Waals surface area contributed by atoms with Gasteiger partial charge in [-0.1, -0.05) is 20.3 Å². The number of piperidine rings is 1. The van der Waals surface area contributed by atoms with E-state index in [-0.39, 0.29) is 11.8 Å². The fourth-order valence-corrected chi connectivity index (χ4v) is 3.61. The number of nitrogens with one attached hydrogen (secondary N) is 1. The van der Waals surface area contributed by atoms with Crippen LogP contribution in [0.5, 0.6) is 0 Å². The first-order valence-electron chi connectivity index (χ1n) is 10.5. The van der Waals surface area contributed by atoms with Crippen LogP contribution < -0.4 is 5.32 Å². The van der Waals surface area contributed by atoms with Crippen molar-refractivity contribution in [1.29, 1.82) is 0 Å². The molecule has 28 heavy (non-hydrogen) atoms. The van der Waals surface area contributed by atoms with E-state index in [9.17, 15) is 9.59 Å². The number of amides is 2. The number of carbonyl (C=O) groups excluding carboxylic acids is 2. The molecular formula is C21H35N5O2. The molecule has 0 unspecified atom stereocenters. The van der Waals surface area contributed by atoms with Gasteiger partial charge in [-0.25, -0.2) is 4.98 Å². The summed E-state index contributed by atoms with van der Waals surface area (Å²) in [6.45, 7) is 10.3. The second kappa shape index (κ2) is 11.7. The first kappa shape index (κ1) is 22.3.